The van der Waals surface area contributed by atoms with E-state index in [9.17, 15) is 8.78 Å². The van der Waals surface area contributed by atoms with Crippen LogP contribution < -0.4 is 26.0 Å². The van der Waals surface area contributed by atoms with Crippen molar-refractivity contribution in [2.24, 2.45) is 0 Å². The summed E-state index contributed by atoms with van der Waals surface area (Å²) in [5.41, 5.74) is 4.59. The molecule has 3 N–H and O–H groups in total. The van der Waals surface area contributed by atoms with Gasteiger partial charge in [0.1, 0.15) is 17.1 Å². The lowest BCUT2D eigenvalue weighted by molar-refractivity contribution is 0.0257. The minimum absolute atomic E-state index is 0.207. The Morgan fingerprint density at radius 3 is 2.43 bits per heavy atom. The van der Waals surface area contributed by atoms with Crippen molar-refractivity contribution in [1.29, 1.82) is 0 Å². The average Bonchev–Trinajstić information content (AvgIpc) is 3.22. The van der Waals surface area contributed by atoms with Gasteiger partial charge in [0.25, 0.3) is 5.92 Å². The van der Waals surface area contributed by atoms with Crippen molar-refractivity contribution in [3.8, 4) is 0 Å². The zero-order valence-electron chi connectivity index (χ0n) is 18.2. The van der Waals surface area contributed by atoms with Crippen LogP contribution in [-0.2, 0) is 6.54 Å². The molecule has 166 valence electrons. The van der Waals surface area contributed by atoms with Crippen LogP contribution >= 0.6 is 0 Å². The molecule has 1 saturated heterocycles. The number of nitrogens with zero attached hydrogens (tertiary/aromatic N) is 6. The van der Waals surface area contributed by atoms with E-state index in [0.717, 1.165) is 0 Å². The molecule has 0 aromatic carbocycles. The summed E-state index contributed by atoms with van der Waals surface area (Å²) in [7, 11) is 3.46. The van der Waals surface area contributed by atoms with E-state index in [-0.39, 0.29) is 25.0 Å². The molecule has 0 unspecified atom stereocenters. The van der Waals surface area contributed by atoms with E-state index >= 15 is 0 Å². The molecule has 2 aromatic rings. The van der Waals surface area contributed by atoms with Crippen molar-refractivity contribution in [2.45, 2.75) is 52.1 Å². The monoisotopic (exact) mass is 425 g/mol. The highest BCUT2D eigenvalue weighted by molar-refractivity contribution is 5.80. The van der Waals surface area contributed by atoms with Crippen LogP contribution in [0.2, 0.25) is 0 Å². The van der Waals surface area contributed by atoms with Gasteiger partial charge in [0.15, 0.2) is 11.6 Å². The van der Waals surface area contributed by atoms with E-state index in [1.54, 1.807) is 30.9 Å². The van der Waals surface area contributed by atoms with Gasteiger partial charge in [-0.3, -0.25) is 5.01 Å². The van der Waals surface area contributed by atoms with E-state index in [4.69, 9.17) is 4.63 Å². The van der Waals surface area contributed by atoms with Crippen molar-refractivity contribution in [3.05, 3.63) is 11.4 Å². The van der Waals surface area contributed by atoms with Gasteiger partial charge in [-0.05, 0) is 27.7 Å². The first kappa shape index (κ1) is 21.9. The predicted molar refractivity (Wildman–Crippen MR) is 111 cm³/mol. The van der Waals surface area contributed by atoms with Gasteiger partial charge in [0.2, 0.25) is 5.95 Å². The van der Waals surface area contributed by atoms with Crippen molar-refractivity contribution in [1.82, 2.24) is 25.7 Å². The highest BCUT2D eigenvalue weighted by Crippen LogP contribution is 2.38. The van der Waals surface area contributed by atoms with Crippen LogP contribution in [0.3, 0.4) is 0 Å². The molecule has 0 bridgehead atoms. The molecular formula is C18H29F2N9O. The Labute approximate surface area is 174 Å². The number of anilines is 4. The second kappa shape index (κ2) is 8.17. The Kier molecular flexibility index (Phi) is 5.97. The van der Waals surface area contributed by atoms with Gasteiger partial charge in [-0.25, -0.2) is 18.8 Å². The third kappa shape index (κ3) is 4.86. The predicted octanol–water partition coefficient (Wildman–Crippen LogP) is 2.41. The summed E-state index contributed by atoms with van der Waals surface area (Å²) in [6.45, 7) is 7.85. The molecule has 1 fully saturated rings. The van der Waals surface area contributed by atoms with Crippen LogP contribution in [0.4, 0.5) is 32.1 Å². The molecule has 0 aliphatic carbocycles. The summed E-state index contributed by atoms with van der Waals surface area (Å²) in [5.74, 6) is -1.49. The quantitative estimate of drug-likeness (QED) is 0.573. The number of hydrogen-bond donors (Lipinski definition) is 3. The standard InChI is InChI=1S/C18H29F2N9O/c1-11-12(27-30-26-11)9-29(22-6)15-13(21-5)14(28-8-7-18(19,20)10-28)23-16(24-15)25-17(2,3)4/h21-22H,7-10H2,1-6H3,(H,23,24,25). The van der Waals surface area contributed by atoms with Crippen LogP contribution in [0.5, 0.6) is 0 Å². The normalized spacial score (nSPS) is 16.1. The molecule has 3 heterocycles. The lowest BCUT2D eigenvalue weighted by Gasteiger charge is -2.29. The smallest absolute Gasteiger partial charge is 0.266 e. The van der Waals surface area contributed by atoms with Crippen LogP contribution in [0.1, 0.15) is 38.6 Å². The van der Waals surface area contributed by atoms with Crippen molar-refractivity contribution < 1.29 is 13.4 Å². The Morgan fingerprint density at radius 1 is 1.20 bits per heavy atom. The highest BCUT2D eigenvalue weighted by atomic mass is 19.3. The zero-order chi connectivity index (χ0) is 22.1. The van der Waals surface area contributed by atoms with Gasteiger partial charge in [-0.2, -0.15) is 9.97 Å². The van der Waals surface area contributed by atoms with Gasteiger partial charge in [-0.15, -0.1) is 0 Å². The number of halogens is 2. The van der Waals surface area contributed by atoms with Crippen molar-refractivity contribution >= 4 is 23.3 Å². The average molecular weight is 425 g/mol. The number of hydrogen-bond acceptors (Lipinski definition) is 10. The summed E-state index contributed by atoms with van der Waals surface area (Å²) in [5, 5.41) is 15.8. The van der Waals surface area contributed by atoms with Gasteiger partial charge >= 0.3 is 0 Å². The summed E-state index contributed by atoms with van der Waals surface area (Å²) in [6, 6.07) is 0. The van der Waals surface area contributed by atoms with Crippen LogP contribution in [0.25, 0.3) is 0 Å². The largest absolute Gasteiger partial charge is 0.382 e. The van der Waals surface area contributed by atoms with Gasteiger partial charge < -0.3 is 15.5 Å². The molecule has 12 heteroatoms. The fourth-order valence-electron chi connectivity index (χ4n) is 3.20. The number of alkyl halides is 2. The van der Waals surface area contributed by atoms with Gasteiger partial charge in [0.05, 0.1) is 13.1 Å². The topological polar surface area (TPSA) is 107 Å². The summed E-state index contributed by atoms with van der Waals surface area (Å²) < 4.78 is 32.7. The fourth-order valence-corrected chi connectivity index (χ4v) is 3.20. The Morgan fingerprint density at radius 2 is 1.93 bits per heavy atom. The third-order valence-electron chi connectivity index (χ3n) is 4.66. The maximum atomic E-state index is 13.9. The molecule has 0 saturated carbocycles. The second-order valence-electron chi connectivity index (χ2n) is 8.33. The number of aryl methyl sites for hydroxylation is 1. The lowest BCUT2D eigenvalue weighted by atomic mass is 10.1. The molecule has 2 aromatic heterocycles. The first-order valence-corrected chi connectivity index (χ1v) is 9.76. The van der Waals surface area contributed by atoms with E-state index < -0.39 is 5.92 Å². The molecular weight excluding hydrogens is 396 g/mol. The maximum absolute atomic E-state index is 13.9. The van der Waals surface area contributed by atoms with Crippen molar-refractivity contribution in [2.75, 3.05) is 47.7 Å². The molecule has 3 rings (SSSR count). The van der Waals surface area contributed by atoms with E-state index in [2.05, 4.69) is 36.3 Å². The Bertz CT molecular complexity index is 881. The highest BCUT2D eigenvalue weighted by Gasteiger charge is 2.40. The van der Waals surface area contributed by atoms with E-state index in [1.807, 2.05) is 20.8 Å². The Hall–Kier alpha value is -2.76. The second-order valence-corrected chi connectivity index (χ2v) is 8.33. The lowest BCUT2D eigenvalue weighted by Crippen LogP contribution is -2.37. The van der Waals surface area contributed by atoms with Crippen molar-refractivity contribution in [3.63, 3.8) is 0 Å². The number of nitrogens with one attached hydrogen (secondary N) is 3. The number of aromatic nitrogens is 4. The SMILES string of the molecule is CNc1c(N2CCC(F)(F)C2)nc(NC(C)(C)C)nc1N(Cc1nonc1C)NC. The number of rotatable bonds is 7. The fraction of sp³-hybridized carbons (Fsp3) is 0.667. The Balaban J connectivity index is 2.08. The third-order valence-corrected chi connectivity index (χ3v) is 4.66. The molecule has 0 atom stereocenters. The molecule has 30 heavy (non-hydrogen) atoms. The minimum Gasteiger partial charge on any atom is -0.382 e. The summed E-state index contributed by atoms with van der Waals surface area (Å²) in [6.07, 6.45) is -0.211. The first-order valence-electron chi connectivity index (χ1n) is 9.76. The molecule has 0 spiro atoms. The van der Waals surface area contributed by atoms with Gasteiger partial charge in [-0.1, -0.05) is 10.3 Å². The van der Waals surface area contributed by atoms with E-state index in [0.29, 0.717) is 41.2 Å². The summed E-state index contributed by atoms with van der Waals surface area (Å²) >= 11 is 0. The molecule has 10 nitrogen and oxygen atoms in total. The number of hydrazine groups is 1. The zero-order valence-corrected chi connectivity index (χ0v) is 18.2. The summed E-state index contributed by atoms with van der Waals surface area (Å²) in [4.78, 5) is 10.8. The first-order chi connectivity index (χ1) is 14.0. The van der Waals surface area contributed by atoms with Gasteiger partial charge in [0, 0.05) is 32.6 Å². The maximum Gasteiger partial charge on any atom is 0.266 e. The molecule has 0 amide bonds. The molecule has 1 aliphatic heterocycles. The van der Waals surface area contributed by atoms with Crippen LogP contribution in [0, 0.1) is 6.92 Å². The molecule has 0 radical (unpaired) electrons. The van der Waals surface area contributed by atoms with E-state index in [1.165, 1.54) is 0 Å². The minimum atomic E-state index is -2.75. The van der Waals surface area contributed by atoms with Crippen LogP contribution in [-0.4, -0.2) is 58.9 Å². The molecule has 1 aliphatic rings. The van der Waals surface area contributed by atoms with Crippen LogP contribution in [0.15, 0.2) is 4.63 Å².